The Balaban J connectivity index is 1.51. The van der Waals surface area contributed by atoms with Crippen LogP contribution in [-0.2, 0) is 36.9 Å². The van der Waals surface area contributed by atoms with Crippen LogP contribution in [-0.4, -0.2) is 41.2 Å². The Labute approximate surface area is 297 Å². The molecule has 1 aliphatic rings. The summed E-state index contributed by atoms with van der Waals surface area (Å²) in [5.74, 6) is -2.78. The maximum absolute atomic E-state index is 15.2. The van der Waals surface area contributed by atoms with Crippen molar-refractivity contribution in [1.82, 2.24) is 29.9 Å². The van der Waals surface area contributed by atoms with Crippen LogP contribution < -0.4 is 10.9 Å². The van der Waals surface area contributed by atoms with Gasteiger partial charge in [0, 0.05) is 42.1 Å². The summed E-state index contributed by atoms with van der Waals surface area (Å²) in [6.07, 6.45) is -5.51. The third kappa shape index (κ3) is 7.47. The first-order valence-corrected chi connectivity index (χ1v) is 16.1. The largest absolute Gasteiger partial charge is 0.435 e. The van der Waals surface area contributed by atoms with Crippen LogP contribution in [0.5, 0.6) is 0 Å². The van der Waals surface area contributed by atoms with Gasteiger partial charge in [0.05, 0.1) is 22.6 Å². The molecule has 2 atom stereocenters. The van der Waals surface area contributed by atoms with Gasteiger partial charge in [0.15, 0.2) is 5.69 Å². The van der Waals surface area contributed by atoms with Crippen molar-refractivity contribution in [3.63, 3.8) is 0 Å². The molecule has 0 unspecified atom stereocenters. The number of carbonyl (C=O) groups excluding carboxylic acids is 1. The highest BCUT2D eigenvalue weighted by Gasteiger charge is 2.53. The molecular weight excluding hydrogens is 709 g/mol. The number of benzene rings is 2. The summed E-state index contributed by atoms with van der Waals surface area (Å²) in [5, 5.41) is 19.2. The minimum Gasteiger partial charge on any atom is -0.378 e. The zero-order valence-electron chi connectivity index (χ0n) is 28.4. The highest BCUT2D eigenvalue weighted by atomic mass is 19.4. The molecule has 0 bridgehead atoms. The number of pyridine rings is 1. The van der Waals surface area contributed by atoms with E-state index in [1.165, 1.54) is 24.6 Å². The number of halogens is 7. The average molecular weight is 741 g/mol. The molecule has 0 saturated carbocycles. The number of aromatic nitrogens is 5. The van der Waals surface area contributed by atoms with Gasteiger partial charge < -0.3 is 10.4 Å². The maximum atomic E-state index is 15.2. The molecule has 0 spiro atoms. The van der Waals surface area contributed by atoms with Gasteiger partial charge in [0.25, 0.3) is 11.5 Å². The number of aryl methyl sites for hydroxylation is 1. The van der Waals surface area contributed by atoms with Crippen molar-refractivity contribution in [1.29, 1.82) is 0 Å². The number of hydrogen-bond donors (Lipinski definition) is 3. The fourth-order valence-electron chi connectivity index (χ4n) is 6.60. The van der Waals surface area contributed by atoms with Crippen LogP contribution in [0.1, 0.15) is 66.1 Å². The van der Waals surface area contributed by atoms with Crippen LogP contribution in [0.3, 0.4) is 0 Å². The lowest BCUT2D eigenvalue weighted by Crippen LogP contribution is -2.35. The number of hydrogen-bond acceptors (Lipinski definition) is 5. The van der Waals surface area contributed by atoms with E-state index in [4.69, 9.17) is 0 Å². The van der Waals surface area contributed by atoms with Gasteiger partial charge in [-0.1, -0.05) is 24.1 Å². The number of allylic oxidation sites excluding steroid dienone is 1. The predicted molar refractivity (Wildman–Crippen MR) is 180 cm³/mol. The number of aromatic amines is 1. The minimum absolute atomic E-state index is 0.0282. The van der Waals surface area contributed by atoms with Crippen molar-refractivity contribution in [3.05, 3.63) is 117 Å². The Morgan fingerprint density at radius 2 is 1.85 bits per heavy atom. The van der Waals surface area contributed by atoms with Crippen molar-refractivity contribution < 1.29 is 40.6 Å². The highest BCUT2D eigenvalue weighted by Crippen LogP contribution is 2.52. The smallest absolute Gasteiger partial charge is 0.378 e. The van der Waals surface area contributed by atoms with Crippen LogP contribution in [0.15, 0.2) is 66.0 Å². The molecule has 3 heterocycles. The van der Waals surface area contributed by atoms with E-state index < -0.39 is 82.7 Å². The Hall–Kier alpha value is -5.69. The van der Waals surface area contributed by atoms with Crippen LogP contribution in [0, 0.1) is 23.5 Å². The second-order valence-electron chi connectivity index (χ2n) is 13.3. The average Bonchev–Trinajstić information content (AvgIpc) is 3.67. The normalized spacial score (nSPS) is 15.9. The quantitative estimate of drug-likeness (QED) is 0.0967. The molecule has 2 aromatic carbocycles. The lowest BCUT2D eigenvalue weighted by atomic mass is 9.93. The Morgan fingerprint density at radius 1 is 1.15 bits per heavy atom. The third-order valence-electron chi connectivity index (χ3n) is 8.65. The van der Waals surface area contributed by atoms with Crippen LogP contribution >= 0.6 is 0 Å². The summed E-state index contributed by atoms with van der Waals surface area (Å²) in [5.41, 5.74) is -3.98. The number of H-pyrrole nitrogens is 1. The molecule has 0 fully saturated rings. The SMILES string of the molecule is C=C[C@H]1CC(F)(F)c2c1c(C(F)(F)F)nn2CC(=O)N[C@@H](Cc1cc(F)cc(F)c1)c1nc(C#CC(C)(C)O)ccc1-c1cccc2c(=O)[nH]n(C)c12. The van der Waals surface area contributed by atoms with E-state index >= 15 is 8.78 Å². The summed E-state index contributed by atoms with van der Waals surface area (Å²) >= 11 is 0. The Bertz CT molecular complexity index is 2370. The molecule has 1 amide bonds. The van der Waals surface area contributed by atoms with Crippen LogP contribution in [0.4, 0.5) is 30.7 Å². The molecule has 5 aromatic rings. The number of rotatable bonds is 8. The first kappa shape index (κ1) is 37.1. The molecule has 53 heavy (non-hydrogen) atoms. The number of amides is 1. The molecule has 276 valence electrons. The summed E-state index contributed by atoms with van der Waals surface area (Å²) < 4.78 is 103. The fraction of sp³-hybridized carbons (Fsp3) is 0.297. The molecule has 1 aliphatic carbocycles. The number of para-hydroxylation sites is 1. The lowest BCUT2D eigenvalue weighted by Gasteiger charge is -2.23. The van der Waals surface area contributed by atoms with Crippen LogP contribution in [0.25, 0.3) is 22.0 Å². The molecule has 6 rings (SSSR count). The molecule has 16 heteroatoms. The standard InChI is InChI=1S/C37H31F7N6O3/c1-5-20-17-36(40,41)33-29(20)32(37(42,43)44)47-50(33)18-28(51)46-27(15-19-13-21(38)16-22(39)14-19)30-24(10-9-23(45-30)11-12-35(2,3)53)25-7-6-8-26-31(25)49(4)48-34(26)52/h5-10,13-14,16,20,27,53H,1,15,17-18H2,2-4H3,(H,46,51)(H,48,52)/t20-,27-/m0/s1. The number of nitrogens with zero attached hydrogens (tertiary/aromatic N) is 4. The van der Waals surface area contributed by atoms with E-state index in [1.54, 1.807) is 31.3 Å². The van der Waals surface area contributed by atoms with E-state index in [2.05, 4.69) is 38.9 Å². The van der Waals surface area contributed by atoms with E-state index in [-0.39, 0.29) is 23.4 Å². The van der Waals surface area contributed by atoms with E-state index in [0.717, 1.165) is 18.2 Å². The van der Waals surface area contributed by atoms with Crippen molar-refractivity contribution in [2.75, 3.05) is 0 Å². The van der Waals surface area contributed by atoms with Crippen LogP contribution in [0.2, 0.25) is 0 Å². The summed E-state index contributed by atoms with van der Waals surface area (Å²) in [6.45, 7) is 5.16. The van der Waals surface area contributed by atoms with Gasteiger partial charge in [-0.25, -0.2) is 13.8 Å². The maximum Gasteiger partial charge on any atom is 0.435 e. The van der Waals surface area contributed by atoms with Gasteiger partial charge in [-0.3, -0.25) is 24.1 Å². The van der Waals surface area contributed by atoms with Gasteiger partial charge in [0.2, 0.25) is 5.91 Å². The zero-order chi connectivity index (χ0) is 38.6. The van der Waals surface area contributed by atoms with Gasteiger partial charge in [-0.2, -0.15) is 27.1 Å². The van der Waals surface area contributed by atoms with Crippen molar-refractivity contribution in [3.8, 4) is 23.0 Å². The predicted octanol–water partition coefficient (Wildman–Crippen LogP) is 6.41. The molecule has 0 aliphatic heterocycles. The monoisotopic (exact) mass is 740 g/mol. The number of fused-ring (bicyclic) bond motifs is 2. The third-order valence-corrected chi connectivity index (χ3v) is 8.65. The molecule has 9 nitrogen and oxygen atoms in total. The zero-order valence-corrected chi connectivity index (χ0v) is 28.4. The van der Waals surface area contributed by atoms with Crippen molar-refractivity contribution in [2.24, 2.45) is 7.05 Å². The van der Waals surface area contributed by atoms with Crippen molar-refractivity contribution >= 4 is 16.8 Å². The number of aliphatic hydroxyl groups is 1. The van der Waals surface area contributed by atoms with E-state index in [1.807, 2.05) is 0 Å². The summed E-state index contributed by atoms with van der Waals surface area (Å²) in [4.78, 5) is 31.1. The van der Waals surface area contributed by atoms with Gasteiger partial charge in [-0.05, 0) is 62.1 Å². The molecule has 3 aromatic heterocycles. The molecule has 0 saturated heterocycles. The number of carbonyl (C=O) groups is 1. The molecule has 0 radical (unpaired) electrons. The topological polar surface area (TPSA) is 118 Å². The van der Waals surface area contributed by atoms with Gasteiger partial charge >= 0.3 is 6.18 Å². The second kappa shape index (κ2) is 13.4. The first-order valence-electron chi connectivity index (χ1n) is 16.1. The first-order chi connectivity index (χ1) is 24.8. The Morgan fingerprint density at radius 3 is 2.49 bits per heavy atom. The fourth-order valence-corrected chi connectivity index (χ4v) is 6.60. The summed E-state index contributed by atoms with van der Waals surface area (Å²) in [7, 11) is 1.59. The number of nitrogens with one attached hydrogen (secondary N) is 2. The highest BCUT2D eigenvalue weighted by molar-refractivity contribution is 5.94. The molecule has 3 N–H and O–H groups in total. The van der Waals surface area contributed by atoms with Gasteiger partial charge in [0.1, 0.15) is 35.2 Å². The second-order valence-corrected chi connectivity index (χ2v) is 13.3. The summed E-state index contributed by atoms with van der Waals surface area (Å²) in [6, 6.07) is 9.21. The molecular formula is C37H31F7N6O3. The number of alkyl halides is 5. The van der Waals surface area contributed by atoms with Crippen molar-refractivity contribution in [2.45, 2.75) is 62.9 Å². The van der Waals surface area contributed by atoms with Gasteiger partial charge in [-0.15, -0.1) is 6.58 Å². The van der Waals surface area contributed by atoms with E-state index in [9.17, 15) is 36.6 Å². The Kier molecular flexibility index (Phi) is 9.36. The minimum atomic E-state index is -5.12. The lowest BCUT2D eigenvalue weighted by molar-refractivity contribution is -0.142. The van der Waals surface area contributed by atoms with E-state index in [0.29, 0.717) is 32.8 Å².